The summed E-state index contributed by atoms with van der Waals surface area (Å²) < 4.78 is 0. The molecule has 0 saturated heterocycles. The average Bonchev–Trinajstić information content (AvgIpc) is 1.69. The van der Waals surface area contributed by atoms with Crippen LogP contribution in [-0.4, -0.2) is 17.4 Å². The molecule has 0 radical (unpaired) electrons. The van der Waals surface area contributed by atoms with Gasteiger partial charge in [-0.25, -0.2) is 0 Å². The van der Waals surface area contributed by atoms with Crippen LogP contribution in [0.3, 0.4) is 0 Å². The Morgan fingerprint density at radius 1 is 1.43 bits per heavy atom. The van der Waals surface area contributed by atoms with Gasteiger partial charge in [-0.1, -0.05) is 18.0 Å². The van der Waals surface area contributed by atoms with Gasteiger partial charge in [0.15, 0.2) is 0 Å². The zero-order valence-electron chi connectivity index (χ0n) is 4.39. The van der Waals surface area contributed by atoms with E-state index in [-0.39, 0.29) is 0 Å². The molecule has 0 fully saturated rings. The molecule has 0 aromatic heterocycles. The Morgan fingerprint density at radius 2 is 2.29 bits per heavy atom. The maximum Gasteiger partial charge on any atom is 0.00577 e. The van der Waals surface area contributed by atoms with Gasteiger partial charge in [-0.3, -0.25) is 0 Å². The van der Waals surface area contributed by atoms with Crippen molar-refractivity contribution in [1.29, 1.82) is 0 Å². The van der Waals surface area contributed by atoms with E-state index in [9.17, 15) is 0 Å². The Morgan fingerprint density at radius 3 is 2.57 bits per heavy atom. The van der Waals surface area contributed by atoms with Crippen LogP contribution in [0.4, 0.5) is 0 Å². The topological polar surface area (TPSA) is 0 Å². The largest absolute Gasteiger partial charge is 0.189 e. The van der Waals surface area contributed by atoms with Crippen molar-refractivity contribution in [3.8, 4) is 0 Å². The van der Waals surface area contributed by atoms with Crippen LogP contribution < -0.4 is 0 Å². The molecule has 1 heterocycles. The monoisotopic (exact) mass is 114 g/mol. The SMILES string of the molecule is C=S1CC=CCC1. The van der Waals surface area contributed by atoms with E-state index in [2.05, 4.69) is 18.0 Å². The Hall–Kier alpha value is -0.0400. The highest BCUT2D eigenvalue weighted by molar-refractivity contribution is 8.14. The van der Waals surface area contributed by atoms with E-state index in [1.165, 1.54) is 17.9 Å². The third-order valence-corrected chi connectivity index (χ3v) is 2.55. The second-order valence-electron chi connectivity index (χ2n) is 1.74. The quantitative estimate of drug-likeness (QED) is 0.332. The van der Waals surface area contributed by atoms with E-state index >= 15 is 0 Å². The summed E-state index contributed by atoms with van der Waals surface area (Å²) in [6, 6.07) is 0. The van der Waals surface area contributed by atoms with Gasteiger partial charge in [-0.15, -0.1) is 0 Å². The first-order chi connectivity index (χ1) is 3.39. The van der Waals surface area contributed by atoms with Crippen LogP contribution in [-0.2, 0) is 0 Å². The van der Waals surface area contributed by atoms with Gasteiger partial charge in [-0.05, 0) is 12.2 Å². The fourth-order valence-electron chi connectivity index (χ4n) is 0.640. The highest BCUT2D eigenvalue weighted by atomic mass is 32.2. The summed E-state index contributed by atoms with van der Waals surface area (Å²) >= 11 is 0. The molecule has 1 aliphatic rings. The van der Waals surface area contributed by atoms with Crippen molar-refractivity contribution in [3.05, 3.63) is 12.2 Å². The summed E-state index contributed by atoms with van der Waals surface area (Å²) in [6.07, 6.45) is 5.74. The molecule has 0 aliphatic carbocycles. The van der Waals surface area contributed by atoms with Gasteiger partial charge in [0.25, 0.3) is 0 Å². The molecule has 0 aromatic carbocycles. The van der Waals surface area contributed by atoms with Gasteiger partial charge in [-0.2, -0.15) is 10.5 Å². The molecule has 0 saturated carbocycles. The van der Waals surface area contributed by atoms with Crippen LogP contribution >= 0.6 is 10.5 Å². The minimum absolute atomic E-state index is 0.473. The number of rotatable bonds is 0. The predicted molar refractivity (Wildman–Crippen MR) is 38.2 cm³/mol. The Balaban J connectivity index is 2.47. The average molecular weight is 114 g/mol. The van der Waals surface area contributed by atoms with Crippen LogP contribution in [0.25, 0.3) is 0 Å². The third kappa shape index (κ3) is 1.48. The predicted octanol–water partition coefficient (Wildman–Crippen LogP) is 1.65. The third-order valence-electron chi connectivity index (χ3n) is 1.07. The van der Waals surface area contributed by atoms with E-state index in [4.69, 9.17) is 0 Å². The van der Waals surface area contributed by atoms with Crippen molar-refractivity contribution in [2.24, 2.45) is 0 Å². The molecule has 7 heavy (non-hydrogen) atoms. The van der Waals surface area contributed by atoms with Crippen LogP contribution in [0, 0.1) is 0 Å². The van der Waals surface area contributed by atoms with E-state index in [1.807, 2.05) is 0 Å². The van der Waals surface area contributed by atoms with Gasteiger partial charge in [0, 0.05) is 5.75 Å². The minimum Gasteiger partial charge on any atom is -0.189 e. The lowest BCUT2D eigenvalue weighted by Gasteiger charge is -2.05. The standard InChI is InChI=1S/C6H10S/c1-7-5-3-2-4-6-7/h2-3H,1,4-6H2. The van der Waals surface area contributed by atoms with Gasteiger partial charge in [0.05, 0.1) is 0 Å². The van der Waals surface area contributed by atoms with Crippen molar-refractivity contribution in [2.45, 2.75) is 6.42 Å². The normalized spacial score (nSPS) is 30.6. The van der Waals surface area contributed by atoms with Crippen molar-refractivity contribution in [3.63, 3.8) is 0 Å². The number of hydrogen-bond donors (Lipinski definition) is 0. The lowest BCUT2D eigenvalue weighted by Crippen LogP contribution is -1.88. The molecule has 1 atom stereocenters. The Bertz CT molecular complexity index is 103. The van der Waals surface area contributed by atoms with Crippen LogP contribution in [0.2, 0.25) is 0 Å². The first-order valence-electron chi connectivity index (χ1n) is 2.52. The van der Waals surface area contributed by atoms with E-state index in [0.717, 1.165) is 0 Å². The Labute approximate surface area is 47.2 Å². The highest BCUT2D eigenvalue weighted by Crippen LogP contribution is 2.15. The highest BCUT2D eigenvalue weighted by Gasteiger charge is 1.91. The molecule has 0 bridgehead atoms. The fourth-order valence-corrected chi connectivity index (χ4v) is 1.68. The first-order valence-corrected chi connectivity index (χ1v) is 4.25. The second-order valence-corrected chi connectivity index (χ2v) is 3.71. The molecule has 0 aromatic rings. The van der Waals surface area contributed by atoms with Crippen molar-refractivity contribution in [1.82, 2.24) is 0 Å². The van der Waals surface area contributed by atoms with Gasteiger partial charge in [0.1, 0.15) is 0 Å². The fraction of sp³-hybridized carbons (Fsp3) is 0.500. The summed E-state index contributed by atoms with van der Waals surface area (Å²) in [5.74, 6) is 6.51. The number of hydrogen-bond acceptors (Lipinski definition) is 0. The lowest BCUT2D eigenvalue weighted by atomic mass is 10.4. The molecule has 0 nitrogen and oxygen atoms in total. The summed E-state index contributed by atoms with van der Waals surface area (Å²) in [6.45, 7) is 0. The van der Waals surface area contributed by atoms with Crippen LogP contribution in [0.5, 0.6) is 0 Å². The van der Waals surface area contributed by atoms with Crippen molar-refractivity contribution < 1.29 is 0 Å². The second kappa shape index (κ2) is 2.31. The van der Waals surface area contributed by atoms with Gasteiger partial charge in [0.2, 0.25) is 0 Å². The minimum atomic E-state index is 0.473. The van der Waals surface area contributed by atoms with Crippen LogP contribution in [0.15, 0.2) is 12.2 Å². The smallest absolute Gasteiger partial charge is 0.00577 e. The summed E-state index contributed by atoms with van der Waals surface area (Å²) in [7, 11) is 0.473. The molecular weight excluding hydrogens is 104 g/mol. The first kappa shape index (κ1) is 5.10. The summed E-state index contributed by atoms with van der Waals surface area (Å²) in [5, 5.41) is 0. The molecule has 0 amide bonds. The van der Waals surface area contributed by atoms with E-state index in [0.29, 0.717) is 10.5 Å². The van der Waals surface area contributed by atoms with Gasteiger partial charge < -0.3 is 0 Å². The van der Waals surface area contributed by atoms with Crippen LogP contribution in [0.1, 0.15) is 6.42 Å². The zero-order valence-corrected chi connectivity index (χ0v) is 5.21. The number of allylic oxidation sites excluding steroid dienone is 1. The molecule has 0 N–H and O–H groups in total. The zero-order chi connectivity index (χ0) is 5.11. The molecule has 1 aliphatic heterocycles. The molecular formula is C6H10S. The maximum absolute atomic E-state index is 3.97. The molecule has 1 heteroatoms. The maximum atomic E-state index is 3.97. The van der Waals surface area contributed by atoms with Crippen molar-refractivity contribution >= 4 is 16.4 Å². The molecule has 1 rings (SSSR count). The Kier molecular flexibility index (Phi) is 1.69. The molecule has 40 valence electrons. The lowest BCUT2D eigenvalue weighted by molar-refractivity contribution is 1.22. The van der Waals surface area contributed by atoms with E-state index in [1.54, 1.807) is 0 Å². The summed E-state index contributed by atoms with van der Waals surface area (Å²) in [4.78, 5) is 0. The summed E-state index contributed by atoms with van der Waals surface area (Å²) in [5.41, 5.74) is 0. The van der Waals surface area contributed by atoms with Crippen molar-refractivity contribution in [2.75, 3.05) is 11.5 Å². The van der Waals surface area contributed by atoms with E-state index < -0.39 is 0 Å². The van der Waals surface area contributed by atoms with Gasteiger partial charge >= 0.3 is 0 Å². The molecule has 0 spiro atoms. The molecule has 1 unspecified atom stereocenters.